The lowest BCUT2D eigenvalue weighted by Gasteiger charge is -2.30. The van der Waals surface area contributed by atoms with E-state index < -0.39 is 9.84 Å². The minimum Gasteiger partial charge on any atom is -0.315 e. The minimum absolute atomic E-state index is 0.00686. The predicted molar refractivity (Wildman–Crippen MR) is 82.8 cm³/mol. The summed E-state index contributed by atoms with van der Waals surface area (Å²) >= 11 is 0. The average Bonchev–Trinajstić information content (AvgIpc) is 2.67. The second kappa shape index (κ2) is 5.15. The molecule has 0 aliphatic heterocycles. The molecule has 1 aliphatic rings. The van der Waals surface area contributed by atoms with Crippen LogP contribution >= 0.6 is 0 Å². The van der Waals surface area contributed by atoms with Crippen LogP contribution in [-0.4, -0.2) is 26.8 Å². The summed E-state index contributed by atoms with van der Waals surface area (Å²) in [7, 11) is -1.42. The van der Waals surface area contributed by atoms with Gasteiger partial charge in [0.15, 0.2) is 9.84 Å². The van der Waals surface area contributed by atoms with Crippen molar-refractivity contribution < 1.29 is 8.42 Å². The average molecular weight is 295 g/mol. The van der Waals surface area contributed by atoms with Gasteiger partial charge in [-0.3, -0.25) is 0 Å². The zero-order valence-corrected chi connectivity index (χ0v) is 13.8. The van der Waals surface area contributed by atoms with Crippen LogP contribution in [0.4, 0.5) is 0 Å². The molecule has 3 nitrogen and oxygen atoms in total. The summed E-state index contributed by atoms with van der Waals surface area (Å²) in [5.74, 6) is 0. The number of rotatable bonds is 3. The van der Waals surface area contributed by atoms with Crippen molar-refractivity contribution in [2.75, 3.05) is 7.05 Å². The lowest BCUT2D eigenvalue weighted by atomic mass is 9.87. The molecule has 0 saturated heterocycles. The fourth-order valence-electron chi connectivity index (χ4n) is 3.43. The summed E-state index contributed by atoms with van der Waals surface area (Å²) in [4.78, 5) is 0.500. The maximum absolute atomic E-state index is 13.0. The number of nitrogens with one attached hydrogen (secondary N) is 1. The Morgan fingerprint density at radius 2 is 1.90 bits per heavy atom. The van der Waals surface area contributed by atoms with Gasteiger partial charge < -0.3 is 5.32 Å². The summed E-state index contributed by atoms with van der Waals surface area (Å²) in [5.41, 5.74) is 1.85. The molecule has 0 radical (unpaired) electrons. The highest BCUT2D eigenvalue weighted by atomic mass is 32.2. The summed E-state index contributed by atoms with van der Waals surface area (Å²) in [6, 6.07) is 5.68. The second-order valence-electron chi connectivity index (χ2n) is 6.65. The molecule has 0 bridgehead atoms. The molecule has 4 heteroatoms. The molecule has 2 atom stereocenters. The molecule has 0 spiro atoms. The van der Waals surface area contributed by atoms with Gasteiger partial charge in [-0.05, 0) is 56.3 Å². The first kappa shape index (κ1) is 15.5. The smallest absolute Gasteiger partial charge is 0.183 e. The van der Waals surface area contributed by atoms with E-state index in [-0.39, 0.29) is 16.7 Å². The maximum atomic E-state index is 13.0. The molecule has 0 aromatic heterocycles. The molecule has 1 N–H and O–H groups in total. The van der Waals surface area contributed by atoms with Gasteiger partial charge in [-0.25, -0.2) is 8.42 Å². The van der Waals surface area contributed by atoms with E-state index in [4.69, 9.17) is 0 Å². The first-order valence-electron chi connectivity index (χ1n) is 7.18. The minimum atomic E-state index is -3.29. The molecule has 1 aromatic carbocycles. The Morgan fingerprint density at radius 3 is 2.50 bits per heavy atom. The first-order valence-corrected chi connectivity index (χ1v) is 8.73. The maximum Gasteiger partial charge on any atom is 0.183 e. The van der Waals surface area contributed by atoms with Gasteiger partial charge in [-0.2, -0.15) is 0 Å². The van der Waals surface area contributed by atoms with E-state index in [0.29, 0.717) is 4.90 Å². The molecular formula is C16H25NO2S. The van der Waals surface area contributed by atoms with E-state index in [1.54, 1.807) is 0 Å². The van der Waals surface area contributed by atoms with Gasteiger partial charge >= 0.3 is 0 Å². The largest absolute Gasteiger partial charge is 0.315 e. The van der Waals surface area contributed by atoms with Crippen molar-refractivity contribution >= 4 is 9.84 Å². The van der Waals surface area contributed by atoms with Crippen molar-refractivity contribution in [3.05, 3.63) is 29.3 Å². The fourth-order valence-corrected chi connectivity index (χ4v) is 5.91. The van der Waals surface area contributed by atoms with E-state index in [2.05, 4.69) is 19.2 Å². The number of aryl methyl sites for hydroxylation is 2. The van der Waals surface area contributed by atoms with Crippen LogP contribution in [0.3, 0.4) is 0 Å². The van der Waals surface area contributed by atoms with E-state index in [0.717, 1.165) is 24.0 Å². The van der Waals surface area contributed by atoms with E-state index in [9.17, 15) is 8.42 Å². The normalized spacial score (nSPS) is 25.9. The molecule has 1 fully saturated rings. The van der Waals surface area contributed by atoms with Crippen molar-refractivity contribution in [2.45, 2.75) is 56.7 Å². The van der Waals surface area contributed by atoms with E-state index in [1.807, 2.05) is 39.1 Å². The van der Waals surface area contributed by atoms with Gasteiger partial charge in [0, 0.05) is 6.04 Å². The highest BCUT2D eigenvalue weighted by molar-refractivity contribution is 7.92. The van der Waals surface area contributed by atoms with Crippen LogP contribution in [0.1, 0.15) is 37.8 Å². The van der Waals surface area contributed by atoms with Gasteiger partial charge in [0.2, 0.25) is 0 Å². The van der Waals surface area contributed by atoms with Gasteiger partial charge in [-0.15, -0.1) is 0 Å². The molecule has 1 saturated carbocycles. The number of hydrogen-bond donors (Lipinski definition) is 1. The molecule has 2 rings (SSSR count). The van der Waals surface area contributed by atoms with Gasteiger partial charge in [0.1, 0.15) is 0 Å². The molecule has 0 heterocycles. The van der Waals surface area contributed by atoms with Crippen LogP contribution in [0.2, 0.25) is 0 Å². The Morgan fingerprint density at radius 1 is 1.25 bits per heavy atom. The monoisotopic (exact) mass is 295 g/mol. The zero-order chi connectivity index (χ0) is 15.1. The van der Waals surface area contributed by atoms with Crippen molar-refractivity contribution in [3.8, 4) is 0 Å². The van der Waals surface area contributed by atoms with Gasteiger partial charge in [0.25, 0.3) is 0 Å². The third kappa shape index (κ3) is 2.51. The summed E-state index contributed by atoms with van der Waals surface area (Å²) in [6.45, 7) is 8.10. The predicted octanol–water partition coefficient (Wildman–Crippen LogP) is 2.85. The number of benzene rings is 1. The Labute approximate surface area is 122 Å². The van der Waals surface area contributed by atoms with Gasteiger partial charge in [-0.1, -0.05) is 26.0 Å². The molecule has 2 unspecified atom stereocenters. The van der Waals surface area contributed by atoms with Crippen molar-refractivity contribution in [1.29, 1.82) is 0 Å². The lowest BCUT2D eigenvalue weighted by Crippen LogP contribution is -2.45. The molecule has 20 heavy (non-hydrogen) atoms. The zero-order valence-electron chi connectivity index (χ0n) is 13.0. The number of hydrogen-bond acceptors (Lipinski definition) is 3. The SMILES string of the molecule is CNC1C(S(=O)(=O)c2cc(C)ccc2C)CCC1(C)C. The summed E-state index contributed by atoms with van der Waals surface area (Å²) in [5, 5.41) is 2.90. The molecule has 0 amide bonds. The van der Waals surface area contributed by atoms with E-state index in [1.165, 1.54) is 0 Å². The second-order valence-corrected chi connectivity index (χ2v) is 8.78. The van der Waals surface area contributed by atoms with Crippen molar-refractivity contribution in [1.82, 2.24) is 5.32 Å². The van der Waals surface area contributed by atoms with Crippen LogP contribution in [-0.2, 0) is 9.84 Å². The van der Waals surface area contributed by atoms with Crippen LogP contribution in [0.5, 0.6) is 0 Å². The highest BCUT2D eigenvalue weighted by Gasteiger charge is 2.47. The Bertz CT molecular complexity index is 605. The Kier molecular flexibility index (Phi) is 4.00. The summed E-state index contributed by atoms with van der Waals surface area (Å²) < 4.78 is 26.0. The van der Waals surface area contributed by atoms with Crippen LogP contribution in [0, 0.1) is 19.3 Å². The number of sulfone groups is 1. The van der Waals surface area contributed by atoms with Crippen molar-refractivity contribution in [3.63, 3.8) is 0 Å². The van der Waals surface area contributed by atoms with E-state index >= 15 is 0 Å². The lowest BCUT2D eigenvalue weighted by molar-refractivity contribution is 0.297. The molecular weight excluding hydrogens is 270 g/mol. The molecule has 1 aliphatic carbocycles. The van der Waals surface area contributed by atoms with Crippen molar-refractivity contribution in [2.24, 2.45) is 5.41 Å². The Hall–Kier alpha value is -0.870. The Balaban J connectivity index is 2.48. The molecule has 112 valence electrons. The first-order chi connectivity index (χ1) is 9.20. The quantitative estimate of drug-likeness (QED) is 0.932. The highest BCUT2D eigenvalue weighted by Crippen LogP contribution is 2.42. The fraction of sp³-hybridized carbons (Fsp3) is 0.625. The molecule has 1 aromatic rings. The third-order valence-electron chi connectivity index (χ3n) is 4.65. The standard InChI is InChI=1S/C16H25NO2S/c1-11-6-7-12(2)14(10-11)20(18,19)13-8-9-16(3,4)15(13)17-5/h6-7,10,13,15,17H,8-9H2,1-5H3. The topological polar surface area (TPSA) is 46.2 Å². The third-order valence-corrected chi connectivity index (χ3v) is 7.00. The van der Waals surface area contributed by atoms with Crippen LogP contribution in [0.25, 0.3) is 0 Å². The van der Waals surface area contributed by atoms with Crippen LogP contribution in [0.15, 0.2) is 23.1 Å². The summed E-state index contributed by atoms with van der Waals surface area (Å²) in [6.07, 6.45) is 1.67. The van der Waals surface area contributed by atoms with Crippen LogP contribution < -0.4 is 5.32 Å². The van der Waals surface area contributed by atoms with Gasteiger partial charge in [0.05, 0.1) is 10.1 Å².